The summed E-state index contributed by atoms with van der Waals surface area (Å²) in [7, 11) is -3.57. The number of sulfonamides is 1. The topological polar surface area (TPSA) is 88.6 Å². The molecule has 0 aliphatic carbocycles. The van der Waals surface area contributed by atoms with Gasteiger partial charge in [-0.3, -0.25) is 9.78 Å². The highest BCUT2D eigenvalue weighted by Crippen LogP contribution is 2.26. The Morgan fingerprint density at radius 3 is 2.48 bits per heavy atom. The molecule has 1 amide bonds. The van der Waals surface area contributed by atoms with Crippen molar-refractivity contribution in [2.24, 2.45) is 5.92 Å². The minimum Gasteiger partial charge on any atom is -0.494 e. The van der Waals surface area contributed by atoms with E-state index in [1.165, 1.54) is 4.31 Å². The third-order valence-electron chi connectivity index (χ3n) is 5.09. The maximum Gasteiger partial charge on any atom is 0.243 e. The number of rotatable bonds is 7. The van der Waals surface area contributed by atoms with Crippen molar-refractivity contribution < 1.29 is 17.9 Å². The minimum absolute atomic E-state index is 0.0544. The first-order chi connectivity index (χ1) is 13.9. The fraction of sp³-hybridized carbons (Fsp3) is 0.429. The number of amides is 1. The molecule has 1 N–H and O–H groups in total. The van der Waals surface area contributed by atoms with Gasteiger partial charge in [0.25, 0.3) is 0 Å². The standard InChI is InChI=1S/C21H27N3O4S/c1-3-28-18-7-9-19(10-8-18)29(26,27)24-14-11-17(12-15-24)21(25)23-16(2)20-6-4-5-13-22-20/h4-10,13,16-17H,3,11-12,14-15H2,1-2H3,(H,23,25). The molecule has 1 aromatic heterocycles. The number of carbonyl (C=O) groups excluding carboxylic acids is 1. The van der Waals surface area contributed by atoms with Gasteiger partial charge in [-0.1, -0.05) is 6.07 Å². The molecule has 3 rings (SSSR count). The van der Waals surface area contributed by atoms with E-state index in [-0.39, 0.29) is 22.8 Å². The molecule has 1 saturated heterocycles. The highest BCUT2D eigenvalue weighted by atomic mass is 32.2. The van der Waals surface area contributed by atoms with Crippen LogP contribution in [0.5, 0.6) is 5.75 Å². The zero-order chi connectivity index (χ0) is 20.9. The summed E-state index contributed by atoms with van der Waals surface area (Å²) in [5.74, 6) is 0.387. The van der Waals surface area contributed by atoms with Gasteiger partial charge in [-0.25, -0.2) is 8.42 Å². The zero-order valence-corrected chi connectivity index (χ0v) is 17.6. The molecule has 8 heteroatoms. The van der Waals surface area contributed by atoms with E-state index in [1.807, 2.05) is 32.0 Å². The van der Waals surface area contributed by atoms with E-state index in [0.717, 1.165) is 5.69 Å². The third-order valence-corrected chi connectivity index (χ3v) is 7.00. The molecule has 1 fully saturated rings. The molecule has 156 valence electrons. The van der Waals surface area contributed by atoms with Gasteiger partial charge in [0.15, 0.2) is 0 Å². The predicted molar refractivity (Wildman–Crippen MR) is 110 cm³/mol. The second-order valence-corrected chi connectivity index (χ2v) is 9.01. The lowest BCUT2D eigenvalue weighted by Crippen LogP contribution is -2.43. The Hall–Kier alpha value is -2.45. The molecule has 0 spiro atoms. The van der Waals surface area contributed by atoms with E-state index in [0.29, 0.717) is 38.3 Å². The third kappa shape index (κ3) is 5.13. The fourth-order valence-electron chi connectivity index (χ4n) is 3.42. The van der Waals surface area contributed by atoms with E-state index in [1.54, 1.807) is 30.5 Å². The lowest BCUT2D eigenvalue weighted by Gasteiger charge is -2.31. The SMILES string of the molecule is CCOc1ccc(S(=O)(=O)N2CCC(C(=O)NC(C)c3ccccn3)CC2)cc1. The van der Waals surface area contributed by atoms with E-state index >= 15 is 0 Å². The molecule has 7 nitrogen and oxygen atoms in total. The van der Waals surface area contributed by atoms with Gasteiger partial charge in [0, 0.05) is 25.2 Å². The molecule has 0 bridgehead atoms. The first-order valence-electron chi connectivity index (χ1n) is 9.86. The maximum absolute atomic E-state index is 12.9. The van der Waals surface area contributed by atoms with Crippen molar-refractivity contribution in [2.45, 2.75) is 37.6 Å². The summed E-state index contributed by atoms with van der Waals surface area (Å²) in [5, 5.41) is 2.99. The Kier molecular flexibility index (Phi) is 6.87. The fourth-order valence-corrected chi connectivity index (χ4v) is 4.89. The van der Waals surface area contributed by atoms with Crippen LogP contribution in [0.15, 0.2) is 53.6 Å². The number of hydrogen-bond acceptors (Lipinski definition) is 5. The minimum atomic E-state index is -3.57. The van der Waals surface area contributed by atoms with E-state index < -0.39 is 10.0 Å². The number of nitrogens with zero attached hydrogens (tertiary/aromatic N) is 2. The van der Waals surface area contributed by atoms with Gasteiger partial charge in [-0.2, -0.15) is 4.31 Å². The molecule has 1 atom stereocenters. The number of piperidine rings is 1. The second-order valence-electron chi connectivity index (χ2n) is 7.07. The lowest BCUT2D eigenvalue weighted by atomic mass is 9.97. The van der Waals surface area contributed by atoms with Crippen LogP contribution in [0.2, 0.25) is 0 Å². The summed E-state index contributed by atoms with van der Waals surface area (Å²) in [5.41, 5.74) is 0.802. The number of nitrogens with one attached hydrogen (secondary N) is 1. The molecule has 2 heterocycles. The second kappa shape index (κ2) is 9.37. The Balaban J connectivity index is 1.57. The van der Waals surface area contributed by atoms with Crippen LogP contribution >= 0.6 is 0 Å². The number of aromatic nitrogens is 1. The number of carbonyl (C=O) groups is 1. The van der Waals surface area contributed by atoms with Crippen molar-refractivity contribution in [1.82, 2.24) is 14.6 Å². The zero-order valence-electron chi connectivity index (χ0n) is 16.7. The Bertz CT molecular complexity index is 909. The highest BCUT2D eigenvalue weighted by molar-refractivity contribution is 7.89. The summed E-state index contributed by atoms with van der Waals surface area (Å²) >= 11 is 0. The molecule has 0 radical (unpaired) electrons. The lowest BCUT2D eigenvalue weighted by molar-refractivity contribution is -0.126. The number of hydrogen-bond donors (Lipinski definition) is 1. The van der Waals surface area contributed by atoms with Gasteiger partial charge in [-0.05, 0) is 63.1 Å². The van der Waals surface area contributed by atoms with Crippen molar-refractivity contribution in [3.63, 3.8) is 0 Å². The van der Waals surface area contributed by atoms with Crippen molar-refractivity contribution in [1.29, 1.82) is 0 Å². The average Bonchev–Trinajstić information content (AvgIpc) is 2.75. The van der Waals surface area contributed by atoms with Gasteiger partial charge in [0.05, 0.1) is 23.2 Å². The van der Waals surface area contributed by atoms with Crippen molar-refractivity contribution in [3.05, 3.63) is 54.4 Å². The Labute approximate surface area is 172 Å². The largest absolute Gasteiger partial charge is 0.494 e. The van der Waals surface area contributed by atoms with Gasteiger partial charge >= 0.3 is 0 Å². The van der Waals surface area contributed by atoms with Crippen LogP contribution < -0.4 is 10.1 Å². The van der Waals surface area contributed by atoms with E-state index in [4.69, 9.17) is 4.74 Å². The van der Waals surface area contributed by atoms with Crippen LogP contribution in [0, 0.1) is 5.92 Å². The Morgan fingerprint density at radius 1 is 1.21 bits per heavy atom. The summed E-state index contributed by atoms with van der Waals surface area (Å²) in [6.07, 6.45) is 2.69. The van der Waals surface area contributed by atoms with Crippen LogP contribution in [0.4, 0.5) is 0 Å². The molecule has 2 aromatic rings. The van der Waals surface area contributed by atoms with Crippen LogP contribution in [0.1, 0.15) is 38.4 Å². The average molecular weight is 418 g/mol. The quantitative estimate of drug-likeness (QED) is 0.748. The number of pyridine rings is 1. The normalized spacial score (nSPS) is 16.9. The highest BCUT2D eigenvalue weighted by Gasteiger charge is 2.32. The molecule has 1 aliphatic heterocycles. The molecule has 1 unspecified atom stereocenters. The van der Waals surface area contributed by atoms with Crippen molar-refractivity contribution >= 4 is 15.9 Å². The summed E-state index contributed by atoms with van der Waals surface area (Å²) in [6, 6.07) is 11.9. The first kappa shape index (κ1) is 21.3. The molecule has 0 saturated carbocycles. The molecule has 1 aliphatic rings. The molecular formula is C21H27N3O4S. The molecule has 29 heavy (non-hydrogen) atoms. The number of ether oxygens (including phenoxy) is 1. The van der Waals surface area contributed by atoms with Crippen molar-refractivity contribution in [3.8, 4) is 5.75 Å². The van der Waals surface area contributed by atoms with Crippen LogP contribution in [-0.4, -0.2) is 43.3 Å². The van der Waals surface area contributed by atoms with E-state index in [9.17, 15) is 13.2 Å². The Morgan fingerprint density at radius 2 is 1.90 bits per heavy atom. The maximum atomic E-state index is 12.9. The van der Waals surface area contributed by atoms with Gasteiger partial charge in [-0.15, -0.1) is 0 Å². The summed E-state index contributed by atoms with van der Waals surface area (Å²) in [4.78, 5) is 17.1. The summed E-state index contributed by atoms with van der Waals surface area (Å²) in [6.45, 7) is 4.95. The molecular weight excluding hydrogens is 390 g/mol. The van der Waals surface area contributed by atoms with Gasteiger partial charge in [0.1, 0.15) is 5.75 Å². The predicted octanol–water partition coefficient (Wildman–Crippen LogP) is 2.76. The molecule has 1 aromatic carbocycles. The van der Waals surface area contributed by atoms with Crippen LogP contribution in [-0.2, 0) is 14.8 Å². The van der Waals surface area contributed by atoms with E-state index in [2.05, 4.69) is 10.3 Å². The van der Waals surface area contributed by atoms with Crippen LogP contribution in [0.3, 0.4) is 0 Å². The number of benzene rings is 1. The summed E-state index contributed by atoms with van der Waals surface area (Å²) < 4.78 is 32.6. The van der Waals surface area contributed by atoms with Crippen LogP contribution in [0.25, 0.3) is 0 Å². The monoisotopic (exact) mass is 417 g/mol. The first-order valence-corrected chi connectivity index (χ1v) is 11.3. The van der Waals surface area contributed by atoms with Gasteiger partial charge < -0.3 is 10.1 Å². The van der Waals surface area contributed by atoms with Gasteiger partial charge in [0.2, 0.25) is 15.9 Å². The van der Waals surface area contributed by atoms with Crippen molar-refractivity contribution in [2.75, 3.05) is 19.7 Å². The smallest absolute Gasteiger partial charge is 0.243 e.